The fraction of sp³-hybridized carbons (Fsp3) is 0.667. The van der Waals surface area contributed by atoms with Crippen molar-refractivity contribution in [1.82, 2.24) is 0 Å². The summed E-state index contributed by atoms with van der Waals surface area (Å²) in [5.41, 5.74) is 0. The molecule has 0 rings (SSSR count). The minimum absolute atomic E-state index is 0. The fourth-order valence-electron chi connectivity index (χ4n) is 0.0862. The van der Waals surface area contributed by atoms with Crippen molar-refractivity contribution < 1.29 is 17.9 Å². The molecule has 6 heteroatoms. The van der Waals surface area contributed by atoms with E-state index < -0.39 is 24.9 Å². The Labute approximate surface area is 86.7 Å². The predicted molar refractivity (Wildman–Crippen MR) is 31.5 cm³/mol. The summed E-state index contributed by atoms with van der Waals surface area (Å²) < 4.78 is 18.1. The summed E-state index contributed by atoms with van der Waals surface area (Å²) in [5, 5.41) is 8.02. The van der Waals surface area contributed by atoms with Crippen molar-refractivity contribution in [2.45, 2.75) is 11.7 Å². The zero-order valence-electron chi connectivity index (χ0n) is 4.90. The molecule has 0 spiro atoms. The molecule has 0 saturated heterocycles. The van der Waals surface area contributed by atoms with E-state index in [4.69, 9.17) is 9.30 Å². The van der Waals surface area contributed by atoms with Gasteiger partial charge in [0.2, 0.25) is 0 Å². The third kappa shape index (κ3) is 5.45. The molecule has 0 saturated carbocycles. The van der Waals surface area contributed by atoms with Crippen LogP contribution in [0.15, 0.2) is 0 Å². The van der Waals surface area contributed by atoms with E-state index in [1.807, 2.05) is 0 Å². The molecule has 0 aromatic rings. The predicted octanol–water partition coefficient (Wildman–Crippen LogP) is -1.01. The first-order valence-electron chi connectivity index (χ1n) is 1.88. The summed E-state index contributed by atoms with van der Waals surface area (Å²) >= 11 is -3.06. The van der Waals surface area contributed by atoms with Crippen LogP contribution in [-0.4, -0.2) is 67.2 Å². The average Bonchev–Trinajstić information content (AvgIpc) is 1.64. The summed E-state index contributed by atoms with van der Waals surface area (Å²) in [6, 6.07) is 0. The van der Waals surface area contributed by atoms with Gasteiger partial charge in [-0.2, -0.15) is 0 Å². The number of rotatable bonds is 2. The monoisotopic (exact) mass is 226 g/mol. The van der Waals surface area contributed by atoms with E-state index in [9.17, 15) is 8.63 Å². The Kier molecular flexibility index (Phi) is 8.12. The second-order valence-corrected chi connectivity index (χ2v) is 3.90. The zero-order valence-corrected chi connectivity index (χ0v) is 8.83. The van der Waals surface area contributed by atoms with Crippen LogP contribution in [0.5, 0.6) is 0 Å². The summed E-state index contributed by atoms with van der Waals surface area (Å²) in [4.78, 5) is 8.72. The first-order valence-corrected chi connectivity index (χ1v) is 4.33. The standard InChI is InChI=1S/C3H6O4Se.Ca/c1-2(3(4)5)8(6)7;/h2H,1H3,(H,4,5)(H,6,7);/q;+2. The molecular formula is C3H6CaO4Se+2. The van der Waals surface area contributed by atoms with Crippen molar-refractivity contribution in [3.05, 3.63) is 0 Å². The van der Waals surface area contributed by atoms with Crippen molar-refractivity contribution in [3.63, 3.8) is 0 Å². The van der Waals surface area contributed by atoms with Gasteiger partial charge in [0, 0.05) is 0 Å². The molecule has 48 valence electrons. The molecule has 2 unspecified atom stereocenters. The van der Waals surface area contributed by atoms with Gasteiger partial charge < -0.3 is 0 Å². The first kappa shape index (κ1) is 12.7. The van der Waals surface area contributed by atoms with Crippen molar-refractivity contribution in [1.29, 1.82) is 0 Å². The minimum Gasteiger partial charge on any atom is 2.00 e. The van der Waals surface area contributed by atoms with Crippen LogP contribution in [0.25, 0.3) is 0 Å². The van der Waals surface area contributed by atoms with Crippen molar-refractivity contribution in [2.24, 2.45) is 0 Å². The Morgan fingerprint density at radius 3 is 2.00 bits per heavy atom. The van der Waals surface area contributed by atoms with Gasteiger partial charge in [-0.15, -0.1) is 0 Å². The Morgan fingerprint density at radius 1 is 1.67 bits per heavy atom. The quantitative estimate of drug-likeness (QED) is 0.590. The first-order chi connectivity index (χ1) is 3.55. The molecule has 0 aliphatic heterocycles. The van der Waals surface area contributed by atoms with E-state index in [1.165, 1.54) is 6.92 Å². The Hall–Kier alpha value is 1.01. The van der Waals surface area contributed by atoms with Crippen LogP contribution in [0.4, 0.5) is 0 Å². The Balaban J connectivity index is 0. The van der Waals surface area contributed by atoms with Gasteiger partial charge in [-0.1, -0.05) is 0 Å². The number of carbonyl (C=O) groups is 1. The maximum Gasteiger partial charge on any atom is 2.00 e. The smallest absolute Gasteiger partial charge is 2.00 e. The maximum atomic E-state index is 9.97. The molecule has 0 radical (unpaired) electrons. The van der Waals surface area contributed by atoms with Crippen molar-refractivity contribution in [3.8, 4) is 0 Å². The molecular weight excluding hydrogens is 219 g/mol. The molecule has 0 heterocycles. The van der Waals surface area contributed by atoms with Crippen LogP contribution in [0.1, 0.15) is 6.92 Å². The van der Waals surface area contributed by atoms with E-state index in [-0.39, 0.29) is 37.7 Å². The second kappa shape index (κ2) is 5.77. The summed E-state index contributed by atoms with van der Waals surface area (Å²) in [7, 11) is 0. The van der Waals surface area contributed by atoms with E-state index in [0.717, 1.165) is 0 Å². The largest absolute Gasteiger partial charge is 2.00 e. The molecule has 2 atom stereocenters. The Bertz CT molecular complexity index is 111. The molecule has 2 N–H and O–H groups in total. The minimum atomic E-state index is -3.06. The molecule has 0 aliphatic carbocycles. The number of carboxylic acids is 1. The van der Waals surface area contributed by atoms with Crippen molar-refractivity contribution >= 4 is 57.9 Å². The van der Waals surface area contributed by atoms with E-state index >= 15 is 0 Å². The SMILES string of the molecule is CC(C(=O)O)[Se](=O)O.[Ca+2]. The summed E-state index contributed by atoms with van der Waals surface area (Å²) in [6.45, 7) is 1.21. The number of hydrogen-bond acceptors (Lipinski definition) is 2. The summed E-state index contributed by atoms with van der Waals surface area (Å²) in [5.74, 6) is -1.22. The maximum absolute atomic E-state index is 9.97. The zero-order chi connectivity index (χ0) is 6.73. The van der Waals surface area contributed by atoms with Crippen LogP contribution >= 0.6 is 0 Å². The van der Waals surface area contributed by atoms with Crippen LogP contribution in [-0.2, 0) is 8.63 Å². The van der Waals surface area contributed by atoms with Gasteiger partial charge >= 0.3 is 87.5 Å². The van der Waals surface area contributed by atoms with Gasteiger partial charge in [-0.05, 0) is 0 Å². The van der Waals surface area contributed by atoms with Crippen LogP contribution in [0.3, 0.4) is 0 Å². The fourth-order valence-corrected chi connectivity index (χ4v) is 0.448. The molecule has 0 aliphatic rings. The van der Waals surface area contributed by atoms with Crippen LogP contribution in [0, 0.1) is 0 Å². The molecule has 9 heavy (non-hydrogen) atoms. The third-order valence-electron chi connectivity index (χ3n) is 0.650. The normalized spacial score (nSPS) is 15.3. The van der Waals surface area contributed by atoms with Crippen LogP contribution < -0.4 is 0 Å². The molecule has 0 bridgehead atoms. The second-order valence-electron chi connectivity index (χ2n) is 1.26. The van der Waals surface area contributed by atoms with E-state index in [0.29, 0.717) is 0 Å². The number of hydrogen-bond donors (Lipinski definition) is 2. The van der Waals surface area contributed by atoms with E-state index in [2.05, 4.69) is 0 Å². The molecule has 4 nitrogen and oxygen atoms in total. The topological polar surface area (TPSA) is 74.6 Å². The van der Waals surface area contributed by atoms with Gasteiger partial charge in [-0.3, -0.25) is 0 Å². The molecule has 0 amide bonds. The number of carboxylic acid groups (broad SMARTS) is 1. The van der Waals surface area contributed by atoms with Crippen LogP contribution in [0.2, 0.25) is 4.82 Å². The van der Waals surface area contributed by atoms with Crippen molar-refractivity contribution in [2.75, 3.05) is 0 Å². The third-order valence-corrected chi connectivity index (χ3v) is 2.34. The van der Waals surface area contributed by atoms with E-state index in [1.54, 1.807) is 0 Å². The molecule has 0 aromatic heterocycles. The van der Waals surface area contributed by atoms with Gasteiger partial charge in [0.05, 0.1) is 0 Å². The molecule has 0 fully saturated rings. The van der Waals surface area contributed by atoms with Gasteiger partial charge in [0.25, 0.3) is 0 Å². The van der Waals surface area contributed by atoms with Gasteiger partial charge in [0.1, 0.15) is 0 Å². The van der Waals surface area contributed by atoms with Gasteiger partial charge in [-0.25, -0.2) is 0 Å². The number of aliphatic carboxylic acids is 1. The Morgan fingerprint density at radius 2 is 2.00 bits per heavy atom. The molecule has 0 aromatic carbocycles. The average molecular weight is 225 g/mol. The van der Waals surface area contributed by atoms with Gasteiger partial charge in [0.15, 0.2) is 0 Å². The summed E-state index contributed by atoms with van der Waals surface area (Å²) in [6.07, 6.45) is 0.